The molecule has 1 aliphatic heterocycles. The molecular weight excluding hydrogens is 503 g/mol. The van der Waals surface area contributed by atoms with Crippen LogP contribution in [0.25, 0.3) is 14.9 Å². The van der Waals surface area contributed by atoms with Gasteiger partial charge < -0.3 is 0 Å². The molecule has 1 aromatic heterocycles. The summed E-state index contributed by atoms with van der Waals surface area (Å²) in [7, 11) is 0. The van der Waals surface area contributed by atoms with Crippen LogP contribution in [0.2, 0.25) is 0 Å². The van der Waals surface area contributed by atoms with E-state index in [9.17, 15) is 0 Å². The van der Waals surface area contributed by atoms with E-state index < -0.39 is 0 Å². The Labute approximate surface area is 202 Å². The van der Waals surface area contributed by atoms with Gasteiger partial charge in [-0.1, -0.05) is 0 Å². The zero-order valence-electron chi connectivity index (χ0n) is 16.6. The predicted octanol–water partition coefficient (Wildman–Crippen LogP) is 5.93. The van der Waals surface area contributed by atoms with Crippen LogP contribution in [0.5, 0.6) is 0 Å². The first kappa shape index (κ1) is 22.6. The first-order valence-corrected chi connectivity index (χ1v) is 12.0. The molecule has 3 aliphatic rings. The smallest absolute Gasteiger partial charge is 0.147 e. The predicted molar refractivity (Wildman–Crippen MR) is 126 cm³/mol. The molecule has 0 nitrogen and oxygen atoms in total. The van der Waals surface area contributed by atoms with Crippen LogP contribution in [0.3, 0.4) is 0 Å². The Bertz CT molecular complexity index is 1180. The molecule has 5 heteroatoms. The molecule has 0 amide bonds. The number of fused-ring (bicyclic) bond motifs is 3. The third-order valence-electron chi connectivity index (χ3n) is 6.01. The molecular formula is C23H23Cl2S2Zr. The van der Waals surface area contributed by atoms with Crippen molar-refractivity contribution < 1.29 is 24.7 Å². The molecule has 0 fully saturated rings. The minimum atomic E-state index is 0. The largest absolute Gasteiger partial charge is 0.147 e. The summed E-state index contributed by atoms with van der Waals surface area (Å²) in [6.45, 7) is 11.5. The van der Waals surface area contributed by atoms with E-state index in [1.165, 1.54) is 37.3 Å². The Morgan fingerprint density at radius 2 is 1.61 bits per heavy atom. The van der Waals surface area contributed by atoms with Crippen molar-refractivity contribution in [2.45, 2.75) is 45.8 Å². The van der Waals surface area contributed by atoms with E-state index in [1.807, 2.05) is 11.3 Å². The second-order valence-corrected chi connectivity index (χ2v) is 11.6. The molecule has 2 aromatic rings. The maximum Gasteiger partial charge on any atom is -0.147 e. The van der Waals surface area contributed by atoms with Crippen molar-refractivity contribution >= 4 is 62.8 Å². The molecule has 2 atom stereocenters. The van der Waals surface area contributed by atoms with Gasteiger partial charge in [0.2, 0.25) is 0 Å². The minimum absolute atomic E-state index is 0. The van der Waals surface area contributed by atoms with Crippen molar-refractivity contribution in [3.05, 3.63) is 71.1 Å². The SMILES string of the molecule is CC1=Cc2c(C)ccc(C)c2C1C1=C(C)SC2C1=c1cc(C)sc1=[C]2[Zr].Cl.Cl. The van der Waals surface area contributed by atoms with E-state index in [4.69, 9.17) is 0 Å². The van der Waals surface area contributed by atoms with Crippen LogP contribution in [0, 0.1) is 20.8 Å². The number of hydrogen-bond donors (Lipinski definition) is 0. The third-order valence-corrected chi connectivity index (χ3v) is 10.7. The van der Waals surface area contributed by atoms with Crippen molar-refractivity contribution in [2.75, 3.05) is 0 Å². The summed E-state index contributed by atoms with van der Waals surface area (Å²) in [4.78, 5) is 2.98. The van der Waals surface area contributed by atoms with E-state index in [2.05, 4.69) is 70.7 Å². The van der Waals surface area contributed by atoms with E-state index >= 15 is 0 Å². The van der Waals surface area contributed by atoms with Gasteiger partial charge in [-0.15, -0.1) is 24.8 Å². The van der Waals surface area contributed by atoms with Gasteiger partial charge in [-0.2, -0.15) is 0 Å². The summed E-state index contributed by atoms with van der Waals surface area (Å²) in [6, 6.07) is 7.03. The van der Waals surface area contributed by atoms with Crippen LogP contribution >= 0.6 is 47.9 Å². The van der Waals surface area contributed by atoms with Gasteiger partial charge in [0, 0.05) is 0 Å². The molecule has 5 rings (SSSR count). The number of rotatable bonds is 1. The van der Waals surface area contributed by atoms with Crippen LogP contribution in [-0.2, 0) is 24.7 Å². The second kappa shape index (κ2) is 7.90. The minimum Gasteiger partial charge on any atom is -0.147 e. The van der Waals surface area contributed by atoms with Crippen molar-refractivity contribution in [1.82, 2.24) is 0 Å². The maximum absolute atomic E-state index is 2.44. The summed E-state index contributed by atoms with van der Waals surface area (Å²) < 4.78 is 3.22. The normalized spacial score (nSPS) is 21.8. The Morgan fingerprint density at radius 3 is 2.32 bits per heavy atom. The number of thiophene rings is 1. The maximum atomic E-state index is 2.44. The fourth-order valence-corrected chi connectivity index (χ4v) is 8.74. The molecule has 0 saturated carbocycles. The summed E-state index contributed by atoms with van der Waals surface area (Å²) in [5.41, 5.74) is 10.6. The number of halogens is 2. The molecule has 145 valence electrons. The number of hydrogen-bond acceptors (Lipinski definition) is 2. The fraction of sp³-hybridized carbons (Fsp3) is 0.304. The zero-order valence-corrected chi connectivity index (χ0v) is 22.3. The van der Waals surface area contributed by atoms with Gasteiger partial charge in [0.15, 0.2) is 0 Å². The Balaban J connectivity index is 0.00000112. The summed E-state index contributed by atoms with van der Waals surface area (Å²) in [5, 5.41) is 2.11. The van der Waals surface area contributed by atoms with Crippen LogP contribution in [0.4, 0.5) is 0 Å². The Kier molecular flexibility index (Phi) is 6.38. The summed E-state index contributed by atoms with van der Waals surface area (Å²) in [5.74, 6) is 0.437. The molecule has 2 heterocycles. The molecule has 0 bridgehead atoms. The zero-order chi connectivity index (χ0) is 18.3. The standard InChI is InChI=1S/C23H21S2.2ClH.Zr/c1-11-6-7-12(2)20-16(11)8-13(3)21(20)22-15(5)25-19-10-18-17(23(19)22)9-14(4)24-18;;;/h6-9,19,21H,1-5H3;2*1H;. The van der Waals surface area contributed by atoms with Gasteiger partial charge in [-0.3, -0.25) is 0 Å². The quantitative estimate of drug-likeness (QED) is 0.445. The molecule has 2 aliphatic carbocycles. The van der Waals surface area contributed by atoms with Crippen LogP contribution in [-0.4, -0.2) is 5.25 Å². The number of thioether (sulfide) groups is 1. The third kappa shape index (κ3) is 3.04. The average Bonchev–Trinajstić information content (AvgIpc) is 3.27. The van der Waals surface area contributed by atoms with Gasteiger partial charge >= 0.3 is 180 Å². The van der Waals surface area contributed by atoms with Crippen LogP contribution < -0.4 is 9.75 Å². The molecule has 0 spiro atoms. The Morgan fingerprint density at radius 1 is 0.929 bits per heavy atom. The monoisotopic (exact) mass is 523 g/mol. The Hall–Kier alpha value is -0.0469. The van der Waals surface area contributed by atoms with E-state index in [-0.39, 0.29) is 24.8 Å². The number of aryl methyl sites for hydroxylation is 3. The van der Waals surface area contributed by atoms with Gasteiger partial charge in [-0.05, 0) is 0 Å². The summed E-state index contributed by atoms with van der Waals surface area (Å²) in [6.07, 6.45) is 2.44. The van der Waals surface area contributed by atoms with Gasteiger partial charge in [0.05, 0.1) is 0 Å². The first-order chi connectivity index (χ1) is 12.4. The number of allylic oxidation sites excluding steroid dienone is 3. The van der Waals surface area contributed by atoms with Crippen molar-refractivity contribution in [2.24, 2.45) is 0 Å². The first-order valence-electron chi connectivity index (χ1n) is 9.11. The van der Waals surface area contributed by atoms with Crippen LogP contribution in [0.15, 0.2) is 34.3 Å². The number of benzene rings is 1. The van der Waals surface area contributed by atoms with Gasteiger partial charge in [0.1, 0.15) is 0 Å². The average molecular weight is 526 g/mol. The molecule has 0 radical (unpaired) electrons. The van der Waals surface area contributed by atoms with E-state index in [0.29, 0.717) is 11.2 Å². The molecule has 1 aromatic carbocycles. The van der Waals surface area contributed by atoms with E-state index in [0.717, 1.165) is 0 Å². The second-order valence-electron chi connectivity index (χ2n) is 7.74. The topological polar surface area (TPSA) is 0 Å². The molecule has 28 heavy (non-hydrogen) atoms. The fourth-order valence-electron chi connectivity index (χ4n) is 4.85. The van der Waals surface area contributed by atoms with Gasteiger partial charge in [-0.25, -0.2) is 0 Å². The summed E-state index contributed by atoms with van der Waals surface area (Å²) >= 11 is 5.67. The molecule has 2 unspecified atom stereocenters. The van der Waals surface area contributed by atoms with E-state index in [1.54, 1.807) is 49.2 Å². The molecule has 0 saturated heterocycles. The van der Waals surface area contributed by atoms with Crippen molar-refractivity contribution in [3.63, 3.8) is 0 Å². The van der Waals surface area contributed by atoms with Crippen LogP contribution in [0.1, 0.15) is 46.9 Å². The van der Waals surface area contributed by atoms with Crippen molar-refractivity contribution in [3.8, 4) is 0 Å². The van der Waals surface area contributed by atoms with Crippen molar-refractivity contribution in [1.29, 1.82) is 0 Å². The molecule has 0 N–H and O–H groups in total. The van der Waals surface area contributed by atoms with Gasteiger partial charge in [0.25, 0.3) is 0 Å².